The van der Waals surface area contributed by atoms with Crippen molar-refractivity contribution in [3.05, 3.63) is 11.8 Å². The SMILES string of the molecule is CCC1=CN(C)N[N+](C)=C1.F[B-](F)(F)F. The van der Waals surface area contributed by atoms with Crippen LogP contribution in [0.5, 0.6) is 0 Å². The Balaban J connectivity index is 0.000000336. The van der Waals surface area contributed by atoms with Crippen LogP contribution in [0.1, 0.15) is 13.3 Å². The Morgan fingerprint density at radius 2 is 1.87 bits per heavy atom. The second kappa shape index (κ2) is 5.62. The van der Waals surface area contributed by atoms with Crippen molar-refractivity contribution in [3.63, 3.8) is 0 Å². The van der Waals surface area contributed by atoms with Crippen LogP contribution < -0.4 is 5.53 Å². The van der Waals surface area contributed by atoms with Gasteiger partial charge in [-0.15, -0.1) is 10.2 Å². The maximum absolute atomic E-state index is 9.75. The zero-order chi connectivity index (χ0) is 12.1. The molecule has 1 heterocycles. The predicted molar refractivity (Wildman–Crippen MR) is 51.7 cm³/mol. The lowest BCUT2D eigenvalue weighted by atomic mass is 10.2. The quantitative estimate of drug-likeness (QED) is 0.417. The average molecular weight is 227 g/mol. The van der Waals surface area contributed by atoms with Crippen LogP contribution in [0.2, 0.25) is 0 Å². The minimum absolute atomic E-state index is 1.08. The van der Waals surface area contributed by atoms with E-state index in [1.54, 1.807) is 0 Å². The molecule has 0 aromatic rings. The molecule has 0 fully saturated rings. The van der Waals surface area contributed by atoms with Crippen LogP contribution in [0.25, 0.3) is 0 Å². The van der Waals surface area contributed by atoms with Crippen LogP contribution in [0.15, 0.2) is 11.8 Å². The maximum atomic E-state index is 9.75. The zero-order valence-corrected chi connectivity index (χ0v) is 8.85. The minimum atomic E-state index is -6.00. The summed E-state index contributed by atoms with van der Waals surface area (Å²) in [7, 11) is -2.03. The molecule has 0 atom stereocenters. The molecule has 0 radical (unpaired) electrons. The fraction of sp³-hybridized carbons (Fsp3) is 0.571. The van der Waals surface area contributed by atoms with E-state index >= 15 is 0 Å². The predicted octanol–water partition coefficient (Wildman–Crippen LogP) is 1.66. The summed E-state index contributed by atoms with van der Waals surface area (Å²) in [4.78, 5) is 0. The van der Waals surface area contributed by atoms with Crippen molar-refractivity contribution in [3.8, 4) is 0 Å². The second-order valence-electron chi connectivity index (χ2n) is 3.00. The molecule has 3 nitrogen and oxygen atoms in total. The smallest absolute Gasteiger partial charge is 0.418 e. The molecular formula is C7H14BF4N3. The van der Waals surface area contributed by atoms with Crippen LogP contribution in [-0.4, -0.2) is 37.3 Å². The van der Waals surface area contributed by atoms with Gasteiger partial charge in [-0.1, -0.05) is 6.92 Å². The molecule has 1 aliphatic heterocycles. The van der Waals surface area contributed by atoms with Crippen LogP contribution in [0.3, 0.4) is 0 Å². The number of allylic oxidation sites excluding steroid dienone is 1. The lowest BCUT2D eigenvalue weighted by molar-refractivity contribution is -0.585. The molecule has 88 valence electrons. The number of nitrogens with zero attached hydrogens (tertiary/aromatic N) is 2. The Morgan fingerprint density at radius 3 is 2.20 bits per heavy atom. The normalized spacial score (nSPS) is 15.8. The first-order valence-electron chi connectivity index (χ1n) is 4.37. The van der Waals surface area contributed by atoms with E-state index < -0.39 is 7.25 Å². The molecule has 0 unspecified atom stereocenters. The van der Waals surface area contributed by atoms with Crippen molar-refractivity contribution in [1.82, 2.24) is 10.5 Å². The van der Waals surface area contributed by atoms with Gasteiger partial charge >= 0.3 is 7.25 Å². The van der Waals surface area contributed by atoms with Gasteiger partial charge in [0.2, 0.25) is 0 Å². The number of hydrazone groups is 1. The molecule has 1 rings (SSSR count). The van der Waals surface area contributed by atoms with E-state index in [1.165, 1.54) is 5.57 Å². The summed E-state index contributed by atoms with van der Waals surface area (Å²) in [5, 5.41) is 1.94. The van der Waals surface area contributed by atoms with E-state index in [0.717, 1.165) is 6.42 Å². The Morgan fingerprint density at radius 1 is 1.40 bits per heavy atom. The first kappa shape index (κ1) is 13.8. The minimum Gasteiger partial charge on any atom is -0.418 e. The molecule has 0 spiro atoms. The third-order valence-corrected chi connectivity index (χ3v) is 1.44. The molecule has 1 aliphatic rings. The third kappa shape index (κ3) is 9.11. The fourth-order valence-corrected chi connectivity index (χ4v) is 1.02. The monoisotopic (exact) mass is 227 g/mol. The lowest BCUT2D eigenvalue weighted by Gasteiger charge is -2.16. The highest BCUT2D eigenvalue weighted by atomic mass is 19.5. The number of hydrazine groups is 2. The van der Waals surface area contributed by atoms with Crippen LogP contribution in [0, 0.1) is 0 Å². The molecule has 0 bridgehead atoms. The fourth-order valence-electron chi connectivity index (χ4n) is 1.02. The van der Waals surface area contributed by atoms with Gasteiger partial charge < -0.3 is 17.3 Å². The summed E-state index contributed by atoms with van der Waals surface area (Å²) in [5.41, 5.74) is 4.42. The van der Waals surface area contributed by atoms with Gasteiger partial charge in [-0.05, 0) is 6.42 Å². The Kier molecular flexibility index (Phi) is 5.17. The van der Waals surface area contributed by atoms with E-state index in [-0.39, 0.29) is 0 Å². The van der Waals surface area contributed by atoms with Gasteiger partial charge in [-0.25, -0.2) is 0 Å². The molecule has 0 aromatic heterocycles. The highest BCUT2D eigenvalue weighted by Crippen LogP contribution is 2.06. The van der Waals surface area contributed by atoms with Crippen molar-refractivity contribution in [2.45, 2.75) is 13.3 Å². The van der Waals surface area contributed by atoms with Crippen LogP contribution in [0.4, 0.5) is 17.3 Å². The molecule has 0 aromatic carbocycles. The third-order valence-electron chi connectivity index (χ3n) is 1.44. The number of hydrogen-bond donors (Lipinski definition) is 1. The Labute approximate surface area is 86.1 Å². The topological polar surface area (TPSA) is 18.3 Å². The van der Waals surface area contributed by atoms with Gasteiger partial charge in [-0.2, -0.15) is 0 Å². The maximum Gasteiger partial charge on any atom is 0.673 e. The van der Waals surface area contributed by atoms with Gasteiger partial charge in [-0.3, -0.25) is 5.01 Å². The first-order valence-corrected chi connectivity index (χ1v) is 4.37. The summed E-state index contributed by atoms with van der Waals surface area (Å²) in [6, 6.07) is 0. The van der Waals surface area contributed by atoms with Crippen molar-refractivity contribution >= 4 is 13.5 Å². The highest BCUT2D eigenvalue weighted by molar-refractivity contribution is 6.50. The molecular weight excluding hydrogens is 213 g/mol. The molecule has 0 saturated carbocycles. The Hall–Kier alpha value is -1.21. The van der Waals surface area contributed by atoms with E-state index in [0.29, 0.717) is 0 Å². The van der Waals surface area contributed by atoms with Crippen molar-refractivity contribution in [2.24, 2.45) is 0 Å². The van der Waals surface area contributed by atoms with E-state index in [2.05, 4.69) is 24.9 Å². The number of halogens is 4. The van der Waals surface area contributed by atoms with Crippen LogP contribution in [-0.2, 0) is 0 Å². The molecule has 0 saturated heterocycles. The van der Waals surface area contributed by atoms with Crippen molar-refractivity contribution in [1.29, 1.82) is 0 Å². The summed E-state index contributed by atoms with van der Waals surface area (Å²) >= 11 is 0. The Bertz CT molecular complexity index is 255. The molecule has 1 N–H and O–H groups in total. The molecule has 0 amide bonds. The standard InChI is InChI=1S/C7H14N3.BF4/c1-4-7-5-9(2)8-10(3)6-7;2-1(3,4)5/h5-6,8H,4H2,1-3H3;/q+1;-1. The van der Waals surface area contributed by atoms with E-state index in [9.17, 15) is 17.3 Å². The molecule has 8 heteroatoms. The summed E-state index contributed by atoms with van der Waals surface area (Å²) < 4.78 is 40.9. The zero-order valence-electron chi connectivity index (χ0n) is 8.85. The molecule has 0 aliphatic carbocycles. The summed E-state index contributed by atoms with van der Waals surface area (Å²) in [5.74, 6) is 0. The largest absolute Gasteiger partial charge is 0.673 e. The second-order valence-corrected chi connectivity index (χ2v) is 3.00. The van der Waals surface area contributed by atoms with Crippen LogP contribution >= 0.6 is 0 Å². The summed E-state index contributed by atoms with van der Waals surface area (Å²) in [6.45, 7) is 2.15. The van der Waals surface area contributed by atoms with E-state index in [4.69, 9.17) is 0 Å². The first-order chi connectivity index (χ1) is 6.72. The van der Waals surface area contributed by atoms with Gasteiger partial charge in [0.15, 0.2) is 13.3 Å². The van der Waals surface area contributed by atoms with Gasteiger partial charge in [0, 0.05) is 18.8 Å². The lowest BCUT2D eigenvalue weighted by Crippen LogP contribution is -2.40. The summed E-state index contributed by atoms with van der Waals surface area (Å²) in [6.07, 6.45) is 5.25. The number of nitrogens with one attached hydrogen (secondary N) is 1. The number of rotatable bonds is 1. The molecule has 15 heavy (non-hydrogen) atoms. The van der Waals surface area contributed by atoms with Gasteiger partial charge in [0.1, 0.15) is 0 Å². The van der Waals surface area contributed by atoms with E-state index in [1.807, 2.05) is 23.8 Å². The van der Waals surface area contributed by atoms with Crippen molar-refractivity contribution < 1.29 is 21.9 Å². The number of hydrogen-bond acceptors (Lipinski definition) is 2. The average Bonchev–Trinajstić information content (AvgIpc) is 1.99. The van der Waals surface area contributed by atoms with Crippen molar-refractivity contribution in [2.75, 3.05) is 14.1 Å². The highest BCUT2D eigenvalue weighted by Gasteiger charge is 2.20. The van der Waals surface area contributed by atoms with Gasteiger partial charge in [0.25, 0.3) is 0 Å². The van der Waals surface area contributed by atoms with Gasteiger partial charge in [0.05, 0.1) is 0 Å².